The molecule has 1 aliphatic carbocycles. The number of hydrogen-bond acceptors (Lipinski definition) is 3. The SMILES string of the molecule is NC(O)C1CCCC(CO)C1. The fourth-order valence-electron chi connectivity index (χ4n) is 1.81. The van der Waals surface area contributed by atoms with Gasteiger partial charge in [-0.3, -0.25) is 0 Å². The lowest BCUT2D eigenvalue weighted by molar-refractivity contribution is 0.0595. The zero-order valence-corrected chi connectivity index (χ0v) is 6.74. The second-order valence-corrected chi connectivity index (χ2v) is 3.47. The molecule has 3 atom stereocenters. The van der Waals surface area contributed by atoms with Crippen LogP contribution < -0.4 is 5.73 Å². The van der Waals surface area contributed by atoms with Gasteiger partial charge in [0.1, 0.15) is 6.23 Å². The highest BCUT2D eigenvalue weighted by atomic mass is 16.3. The lowest BCUT2D eigenvalue weighted by atomic mass is 9.81. The average Bonchev–Trinajstić information content (AvgIpc) is 2.05. The molecule has 1 rings (SSSR count). The molecule has 3 unspecified atom stereocenters. The Hall–Kier alpha value is -0.120. The molecular weight excluding hydrogens is 142 g/mol. The first kappa shape index (κ1) is 8.97. The minimum absolute atomic E-state index is 0.209. The van der Waals surface area contributed by atoms with Crippen molar-refractivity contribution < 1.29 is 10.2 Å². The first-order chi connectivity index (χ1) is 5.24. The Kier molecular flexibility index (Phi) is 3.30. The molecule has 0 aliphatic heterocycles. The summed E-state index contributed by atoms with van der Waals surface area (Å²) in [5, 5.41) is 18.0. The third-order valence-electron chi connectivity index (χ3n) is 2.56. The molecule has 0 aromatic heterocycles. The van der Waals surface area contributed by atoms with Gasteiger partial charge in [0, 0.05) is 6.61 Å². The van der Waals surface area contributed by atoms with Crippen LogP contribution in [0, 0.1) is 11.8 Å². The fraction of sp³-hybridized carbons (Fsp3) is 1.00. The van der Waals surface area contributed by atoms with Gasteiger partial charge in [0.15, 0.2) is 0 Å². The lowest BCUT2D eigenvalue weighted by Gasteiger charge is -2.29. The molecule has 0 spiro atoms. The minimum atomic E-state index is -0.690. The molecule has 11 heavy (non-hydrogen) atoms. The van der Waals surface area contributed by atoms with Gasteiger partial charge in [-0.05, 0) is 31.1 Å². The van der Waals surface area contributed by atoms with Crippen molar-refractivity contribution in [1.29, 1.82) is 0 Å². The Balaban J connectivity index is 2.33. The van der Waals surface area contributed by atoms with Crippen molar-refractivity contribution in [2.75, 3.05) is 6.61 Å². The summed E-state index contributed by atoms with van der Waals surface area (Å²) in [7, 11) is 0. The molecular formula is C8H17NO2. The fourth-order valence-corrected chi connectivity index (χ4v) is 1.81. The monoisotopic (exact) mass is 159 g/mol. The smallest absolute Gasteiger partial charge is 0.105 e. The summed E-state index contributed by atoms with van der Waals surface area (Å²) in [4.78, 5) is 0. The van der Waals surface area contributed by atoms with Gasteiger partial charge in [0.05, 0.1) is 0 Å². The molecule has 66 valence electrons. The summed E-state index contributed by atoms with van der Waals surface area (Å²) in [5.74, 6) is 0.577. The molecule has 3 nitrogen and oxygen atoms in total. The zero-order valence-electron chi connectivity index (χ0n) is 6.74. The van der Waals surface area contributed by atoms with E-state index in [0.29, 0.717) is 5.92 Å². The number of aliphatic hydroxyl groups excluding tert-OH is 2. The maximum atomic E-state index is 9.09. The van der Waals surface area contributed by atoms with Crippen molar-refractivity contribution in [3.8, 4) is 0 Å². The van der Waals surface area contributed by atoms with Crippen LogP contribution in [0.15, 0.2) is 0 Å². The summed E-state index contributed by atoms with van der Waals surface area (Å²) in [6.07, 6.45) is 3.37. The van der Waals surface area contributed by atoms with E-state index in [2.05, 4.69) is 0 Å². The third-order valence-corrected chi connectivity index (χ3v) is 2.56. The van der Waals surface area contributed by atoms with Crippen LogP contribution in [0.4, 0.5) is 0 Å². The van der Waals surface area contributed by atoms with E-state index >= 15 is 0 Å². The van der Waals surface area contributed by atoms with E-state index in [-0.39, 0.29) is 12.5 Å². The van der Waals surface area contributed by atoms with Gasteiger partial charge >= 0.3 is 0 Å². The van der Waals surface area contributed by atoms with Gasteiger partial charge in [-0.15, -0.1) is 0 Å². The molecule has 0 aromatic carbocycles. The van der Waals surface area contributed by atoms with Crippen molar-refractivity contribution in [2.24, 2.45) is 17.6 Å². The molecule has 3 heteroatoms. The van der Waals surface area contributed by atoms with E-state index in [0.717, 1.165) is 25.7 Å². The van der Waals surface area contributed by atoms with Crippen molar-refractivity contribution in [2.45, 2.75) is 31.9 Å². The Morgan fingerprint density at radius 3 is 2.73 bits per heavy atom. The summed E-state index contributed by atoms with van der Waals surface area (Å²) >= 11 is 0. The quantitative estimate of drug-likeness (QED) is 0.499. The van der Waals surface area contributed by atoms with Crippen LogP contribution in [0.2, 0.25) is 0 Å². The summed E-state index contributed by atoms with van der Waals surface area (Å²) in [5.41, 5.74) is 5.36. The Morgan fingerprint density at radius 1 is 1.45 bits per heavy atom. The first-order valence-electron chi connectivity index (χ1n) is 4.28. The lowest BCUT2D eigenvalue weighted by Crippen LogP contribution is -2.34. The predicted molar refractivity (Wildman–Crippen MR) is 42.7 cm³/mol. The van der Waals surface area contributed by atoms with Crippen LogP contribution in [0.1, 0.15) is 25.7 Å². The van der Waals surface area contributed by atoms with Gasteiger partial charge < -0.3 is 15.9 Å². The second-order valence-electron chi connectivity index (χ2n) is 3.47. The molecule has 0 amide bonds. The highest BCUT2D eigenvalue weighted by Crippen LogP contribution is 2.29. The molecule has 0 heterocycles. The van der Waals surface area contributed by atoms with Gasteiger partial charge in [0.2, 0.25) is 0 Å². The average molecular weight is 159 g/mol. The molecule has 0 radical (unpaired) electrons. The summed E-state index contributed by atoms with van der Waals surface area (Å²) in [6.45, 7) is 0.239. The molecule has 4 N–H and O–H groups in total. The van der Waals surface area contributed by atoms with Crippen molar-refractivity contribution in [3.05, 3.63) is 0 Å². The third kappa shape index (κ3) is 2.43. The zero-order chi connectivity index (χ0) is 8.27. The highest BCUT2D eigenvalue weighted by Gasteiger charge is 2.24. The maximum absolute atomic E-state index is 9.09. The van der Waals surface area contributed by atoms with Crippen LogP contribution in [0.5, 0.6) is 0 Å². The van der Waals surface area contributed by atoms with Crippen LogP contribution >= 0.6 is 0 Å². The van der Waals surface area contributed by atoms with Gasteiger partial charge in [-0.2, -0.15) is 0 Å². The summed E-state index contributed by atoms with van der Waals surface area (Å²) < 4.78 is 0. The number of aliphatic hydroxyl groups is 2. The Morgan fingerprint density at radius 2 is 2.18 bits per heavy atom. The molecule has 1 fully saturated rings. The van der Waals surface area contributed by atoms with Crippen LogP contribution in [0.3, 0.4) is 0 Å². The molecule has 0 aromatic rings. The second kappa shape index (κ2) is 4.04. The largest absolute Gasteiger partial charge is 0.396 e. The highest BCUT2D eigenvalue weighted by molar-refractivity contribution is 4.74. The van der Waals surface area contributed by atoms with Gasteiger partial charge in [-0.25, -0.2) is 0 Å². The molecule has 0 bridgehead atoms. The van der Waals surface area contributed by atoms with Crippen LogP contribution in [-0.4, -0.2) is 23.0 Å². The van der Waals surface area contributed by atoms with Crippen molar-refractivity contribution in [1.82, 2.24) is 0 Å². The Labute approximate surface area is 67.2 Å². The molecule has 0 saturated heterocycles. The van der Waals surface area contributed by atoms with Gasteiger partial charge in [-0.1, -0.05) is 6.42 Å². The normalized spacial score (nSPS) is 35.2. The molecule has 1 saturated carbocycles. The van der Waals surface area contributed by atoms with Crippen molar-refractivity contribution >= 4 is 0 Å². The number of hydrogen-bond donors (Lipinski definition) is 3. The van der Waals surface area contributed by atoms with Crippen molar-refractivity contribution in [3.63, 3.8) is 0 Å². The van der Waals surface area contributed by atoms with Crippen LogP contribution in [0.25, 0.3) is 0 Å². The maximum Gasteiger partial charge on any atom is 0.105 e. The van der Waals surface area contributed by atoms with Crippen LogP contribution in [-0.2, 0) is 0 Å². The number of rotatable bonds is 2. The van der Waals surface area contributed by atoms with E-state index < -0.39 is 6.23 Å². The van der Waals surface area contributed by atoms with E-state index in [1.807, 2.05) is 0 Å². The minimum Gasteiger partial charge on any atom is -0.396 e. The van der Waals surface area contributed by atoms with E-state index in [1.165, 1.54) is 0 Å². The van der Waals surface area contributed by atoms with Gasteiger partial charge in [0.25, 0.3) is 0 Å². The topological polar surface area (TPSA) is 66.5 Å². The Bertz CT molecular complexity index is 117. The predicted octanol–water partition coefficient (Wildman–Crippen LogP) is 0.0622. The summed E-state index contributed by atoms with van der Waals surface area (Å²) in [6, 6.07) is 0. The van der Waals surface area contributed by atoms with E-state index in [9.17, 15) is 0 Å². The van der Waals surface area contributed by atoms with E-state index in [1.54, 1.807) is 0 Å². The number of nitrogens with two attached hydrogens (primary N) is 1. The first-order valence-corrected chi connectivity index (χ1v) is 4.28. The molecule has 1 aliphatic rings. The van der Waals surface area contributed by atoms with E-state index in [4.69, 9.17) is 15.9 Å². The standard InChI is InChI=1S/C8H17NO2/c9-8(11)7-3-1-2-6(4-7)5-10/h6-8,10-11H,1-5,9H2.